The Hall–Kier alpha value is -3.68. The summed E-state index contributed by atoms with van der Waals surface area (Å²) >= 11 is 0. The second-order valence-corrected chi connectivity index (χ2v) is 5.98. The Kier molecular flexibility index (Phi) is 4.29. The number of benzene rings is 1. The van der Waals surface area contributed by atoms with Gasteiger partial charge in [0, 0.05) is 18.0 Å². The van der Waals surface area contributed by atoms with Crippen LogP contribution in [0.2, 0.25) is 0 Å². The highest BCUT2D eigenvalue weighted by atomic mass is 19.1. The highest BCUT2D eigenvalue weighted by Gasteiger charge is 2.18. The van der Waals surface area contributed by atoms with Crippen molar-refractivity contribution >= 4 is 11.7 Å². The van der Waals surface area contributed by atoms with Gasteiger partial charge in [0.1, 0.15) is 17.8 Å². The molecule has 4 rings (SSSR count). The molecule has 0 aliphatic rings. The molecule has 8 heteroatoms. The summed E-state index contributed by atoms with van der Waals surface area (Å²) in [7, 11) is 0. The van der Waals surface area contributed by atoms with Crippen LogP contribution in [0.1, 0.15) is 29.0 Å². The van der Waals surface area contributed by atoms with Crippen molar-refractivity contribution in [2.24, 2.45) is 0 Å². The number of nitrogens with one attached hydrogen (secondary N) is 1. The topological polar surface area (TPSA) is 85.1 Å². The monoisotopic (exact) mass is 362 g/mol. The summed E-state index contributed by atoms with van der Waals surface area (Å²) in [5.41, 5.74) is 2.41. The lowest BCUT2D eigenvalue weighted by molar-refractivity contribution is 0.0932. The van der Waals surface area contributed by atoms with Crippen molar-refractivity contribution in [3.05, 3.63) is 78.3 Å². The van der Waals surface area contributed by atoms with E-state index in [1.807, 2.05) is 19.1 Å². The zero-order valence-electron chi connectivity index (χ0n) is 14.4. The lowest BCUT2D eigenvalue weighted by Gasteiger charge is -2.15. The number of carbonyl (C=O) groups is 1. The van der Waals surface area contributed by atoms with Gasteiger partial charge in [0.2, 0.25) is 0 Å². The fourth-order valence-electron chi connectivity index (χ4n) is 2.75. The van der Waals surface area contributed by atoms with Crippen LogP contribution in [-0.4, -0.2) is 30.5 Å². The molecule has 0 unspecified atom stereocenters. The van der Waals surface area contributed by atoms with Gasteiger partial charge < -0.3 is 5.32 Å². The summed E-state index contributed by atoms with van der Waals surface area (Å²) in [6.45, 7) is 1.88. The van der Waals surface area contributed by atoms with E-state index in [-0.39, 0.29) is 23.5 Å². The minimum Gasteiger partial charge on any atom is -0.344 e. The van der Waals surface area contributed by atoms with Gasteiger partial charge in [-0.25, -0.2) is 9.37 Å². The van der Waals surface area contributed by atoms with Crippen LogP contribution in [0.25, 0.3) is 17.0 Å². The molecule has 1 amide bonds. The second-order valence-electron chi connectivity index (χ2n) is 5.98. The van der Waals surface area contributed by atoms with Crippen molar-refractivity contribution < 1.29 is 9.18 Å². The van der Waals surface area contributed by atoms with Crippen molar-refractivity contribution in [2.75, 3.05) is 0 Å². The minimum absolute atomic E-state index is 0.221. The molecule has 1 atom stereocenters. The lowest BCUT2D eigenvalue weighted by Crippen LogP contribution is -2.28. The molecule has 4 aromatic rings. The average molecular weight is 362 g/mol. The molecule has 0 aliphatic heterocycles. The molecular formula is C19H15FN6O. The Labute approximate surface area is 153 Å². The van der Waals surface area contributed by atoms with Crippen LogP contribution in [0.4, 0.5) is 4.39 Å². The van der Waals surface area contributed by atoms with E-state index in [0.29, 0.717) is 17.0 Å². The average Bonchev–Trinajstić information content (AvgIpc) is 3.17. The molecule has 3 heterocycles. The van der Waals surface area contributed by atoms with Crippen LogP contribution in [0.15, 0.2) is 61.2 Å². The fraction of sp³-hybridized carbons (Fsp3) is 0.105. The summed E-state index contributed by atoms with van der Waals surface area (Å²) in [5.74, 6) is -0.370. The van der Waals surface area contributed by atoms with Crippen molar-refractivity contribution in [1.29, 1.82) is 0 Å². The number of hydrogen-bond donors (Lipinski definition) is 1. The van der Waals surface area contributed by atoms with Crippen LogP contribution >= 0.6 is 0 Å². The van der Waals surface area contributed by atoms with Gasteiger partial charge in [0.15, 0.2) is 0 Å². The van der Waals surface area contributed by atoms with Gasteiger partial charge in [-0.2, -0.15) is 14.6 Å². The number of fused-ring (bicyclic) bond motifs is 1. The zero-order valence-corrected chi connectivity index (χ0v) is 14.4. The van der Waals surface area contributed by atoms with Crippen LogP contribution < -0.4 is 5.32 Å². The van der Waals surface area contributed by atoms with Crippen LogP contribution in [0, 0.1) is 5.82 Å². The molecule has 3 aromatic heterocycles. The van der Waals surface area contributed by atoms with Gasteiger partial charge >= 0.3 is 0 Å². The molecule has 0 saturated heterocycles. The van der Waals surface area contributed by atoms with Gasteiger partial charge in [-0.15, -0.1) is 0 Å². The first-order valence-corrected chi connectivity index (χ1v) is 8.29. The van der Waals surface area contributed by atoms with E-state index in [0.717, 1.165) is 5.56 Å². The number of amides is 1. The smallest absolute Gasteiger partial charge is 0.270 e. The maximum absolute atomic E-state index is 13.2. The van der Waals surface area contributed by atoms with Gasteiger partial charge in [0.25, 0.3) is 11.7 Å². The third-order valence-electron chi connectivity index (χ3n) is 4.18. The number of carbonyl (C=O) groups excluding carboxylic acids is 1. The molecule has 0 fully saturated rings. The van der Waals surface area contributed by atoms with Gasteiger partial charge in [-0.3, -0.25) is 9.78 Å². The molecular weight excluding hydrogens is 347 g/mol. The third-order valence-corrected chi connectivity index (χ3v) is 4.18. The van der Waals surface area contributed by atoms with Crippen molar-refractivity contribution in [3.8, 4) is 11.3 Å². The zero-order chi connectivity index (χ0) is 18.8. The molecule has 7 nitrogen and oxygen atoms in total. The van der Waals surface area contributed by atoms with E-state index in [1.54, 1.807) is 30.6 Å². The van der Waals surface area contributed by atoms with E-state index in [2.05, 4.69) is 25.4 Å². The molecule has 134 valence electrons. The Morgan fingerprint density at radius 2 is 1.89 bits per heavy atom. The largest absolute Gasteiger partial charge is 0.344 e. The predicted octanol–water partition coefficient (Wildman–Crippen LogP) is 2.82. The van der Waals surface area contributed by atoms with Gasteiger partial charge in [-0.05, 0) is 55.0 Å². The van der Waals surface area contributed by atoms with Crippen LogP contribution in [0.5, 0.6) is 0 Å². The lowest BCUT2D eigenvalue weighted by atomic mass is 10.1. The number of aromatic nitrogens is 5. The highest BCUT2D eigenvalue weighted by Crippen LogP contribution is 2.20. The molecule has 0 radical (unpaired) electrons. The molecule has 1 aromatic carbocycles. The summed E-state index contributed by atoms with van der Waals surface area (Å²) in [4.78, 5) is 25.3. The highest BCUT2D eigenvalue weighted by molar-refractivity contribution is 5.94. The van der Waals surface area contributed by atoms with E-state index in [9.17, 15) is 9.18 Å². The van der Waals surface area contributed by atoms with E-state index in [1.165, 1.54) is 23.0 Å². The van der Waals surface area contributed by atoms with E-state index in [4.69, 9.17) is 0 Å². The summed E-state index contributed by atoms with van der Waals surface area (Å²) in [5, 5.41) is 7.02. The maximum Gasteiger partial charge on any atom is 0.270 e. The van der Waals surface area contributed by atoms with Crippen molar-refractivity contribution in [2.45, 2.75) is 13.0 Å². The number of pyridine rings is 1. The third kappa shape index (κ3) is 3.37. The normalized spacial score (nSPS) is 12.1. The van der Waals surface area contributed by atoms with Gasteiger partial charge in [-0.1, -0.05) is 0 Å². The first-order chi connectivity index (χ1) is 13.1. The Balaban J connectivity index is 1.71. The Bertz CT molecular complexity index is 1090. The summed E-state index contributed by atoms with van der Waals surface area (Å²) in [6, 6.07) is 11.0. The predicted molar refractivity (Wildman–Crippen MR) is 96.3 cm³/mol. The number of hydrogen-bond acceptors (Lipinski definition) is 5. The van der Waals surface area contributed by atoms with Crippen LogP contribution in [0.3, 0.4) is 0 Å². The van der Waals surface area contributed by atoms with Crippen molar-refractivity contribution in [1.82, 2.24) is 29.9 Å². The standard InChI is InChI=1S/C19H15FN6O/c1-12(13-6-8-21-9-7-13)24-18(27)17-10-16(14-2-4-15(20)5-3-14)25-19-22-11-23-26(17)19/h2-12H,1H3,(H,24,27)/t12-/m1/s1. The van der Waals surface area contributed by atoms with E-state index >= 15 is 0 Å². The molecule has 0 bridgehead atoms. The Morgan fingerprint density at radius 1 is 1.15 bits per heavy atom. The molecule has 0 aliphatic carbocycles. The van der Waals surface area contributed by atoms with Crippen molar-refractivity contribution in [3.63, 3.8) is 0 Å². The van der Waals surface area contributed by atoms with Gasteiger partial charge in [0.05, 0.1) is 11.7 Å². The minimum atomic E-state index is -0.341. The molecule has 0 saturated carbocycles. The van der Waals surface area contributed by atoms with E-state index < -0.39 is 0 Å². The SMILES string of the molecule is C[C@@H](NC(=O)c1cc(-c2ccc(F)cc2)nc2ncnn12)c1ccncc1. The maximum atomic E-state index is 13.2. The fourth-order valence-corrected chi connectivity index (χ4v) is 2.75. The molecule has 1 N–H and O–H groups in total. The summed E-state index contributed by atoms with van der Waals surface area (Å²) < 4.78 is 14.6. The quantitative estimate of drug-likeness (QED) is 0.603. The molecule has 27 heavy (non-hydrogen) atoms. The Morgan fingerprint density at radius 3 is 2.63 bits per heavy atom. The summed E-state index contributed by atoms with van der Waals surface area (Å²) in [6.07, 6.45) is 4.68. The first-order valence-electron chi connectivity index (χ1n) is 8.29. The number of nitrogens with zero attached hydrogens (tertiary/aromatic N) is 5. The molecule has 0 spiro atoms. The number of rotatable bonds is 4. The van der Waals surface area contributed by atoms with Crippen LogP contribution in [-0.2, 0) is 0 Å². The number of halogens is 1. The second kappa shape index (κ2) is 6.91. The first kappa shape index (κ1) is 16.8.